The third-order valence-corrected chi connectivity index (χ3v) is 2.54. The van der Waals surface area contributed by atoms with Crippen molar-refractivity contribution in [3.63, 3.8) is 0 Å². The van der Waals surface area contributed by atoms with E-state index in [1.165, 1.54) is 0 Å². The molecule has 2 aromatic rings. The highest BCUT2D eigenvalue weighted by molar-refractivity contribution is 5.96. The summed E-state index contributed by atoms with van der Waals surface area (Å²) in [5.74, 6) is -0.484. The zero-order valence-electron chi connectivity index (χ0n) is 9.26. The second kappa shape index (κ2) is 4.95. The standard InChI is InChI=1S/C13H14N2O2/c14-8-12(16)13(17)15-11-6-5-9-3-1-2-4-10(9)7-11/h1-7,12,16H,8,14H2,(H,15,17). The van der Waals surface area contributed by atoms with Gasteiger partial charge in [-0.15, -0.1) is 0 Å². The van der Waals surface area contributed by atoms with Gasteiger partial charge in [-0.25, -0.2) is 0 Å². The number of aliphatic hydroxyl groups excluding tert-OH is 1. The van der Waals surface area contributed by atoms with Crippen LogP contribution in [0.5, 0.6) is 0 Å². The van der Waals surface area contributed by atoms with Crippen molar-refractivity contribution >= 4 is 22.4 Å². The largest absolute Gasteiger partial charge is 0.382 e. The summed E-state index contributed by atoms with van der Waals surface area (Å²) in [6.07, 6.45) is -1.17. The number of nitrogens with one attached hydrogen (secondary N) is 1. The zero-order chi connectivity index (χ0) is 12.3. The number of rotatable bonds is 3. The number of benzene rings is 2. The molecule has 0 aliphatic carbocycles. The van der Waals surface area contributed by atoms with Crippen LogP contribution in [0, 0.1) is 0 Å². The van der Waals surface area contributed by atoms with Gasteiger partial charge in [0.25, 0.3) is 5.91 Å². The van der Waals surface area contributed by atoms with Gasteiger partial charge < -0.3 is 16.2 Å². The highest BCUT2D eigenvalue weighted by atomic mass is 16.3. The molecule has 0 bridgehead atoms. The molecule has 4 heteroatoms. The average molecular weight is 230 g/mol. The number of hydrogen-bond acceptors (Lipinski definition) is 3. The number of fused-ring (bicyclic) bond motifs is 1. The van der Waals surface area contributed by atoms with Crippen LogP contribution in [-0.4, -0.2) is 23.7 Å². The van der Waals surface area contributed by atoms with Crippen molar-refractivity contribution in [1.29, 1.82) is 0 Å². The Bertz CT molecular complexity index is 540. The SMILES string of the molecule is NCC(O)C(=O)Nc1ccc2ccccc2c1. The lowest BCUT2D eigenvalue weighted by atomic mass is 10.1. The van der Waals surface area contributed by atoms with Crippen molar-refractivity contribution in [2.45, 2.75) is 6.10 Å². The molecule has 1 amide bonds. The Kier molecular flexibility index (Phi) is 3.37. The topological polar surface area (TPSA) is 75.3 Å². The molecular formula is C13H14N2O2. The molecule has 2 rings (SSSR count). The minimum absolute atomic E-state index is 0.0839. The van der Waals surface area contributed by atoms with Gasteiger partial charge in [0.1, 0.15) is 6.10 Å². The normalized spacial score (nSPS) is 12.4. The van der Waals surface area contributed by atoms with Crippen LogP contribution in [0.15, 0.2) is 42.5 Å². The van der Waals surface area contributed by atoms with Crippen LogP contribution in [0.3, 0.4) is 0 Å². The molecule has 0 aliphatic heterocycles. The summed E-state index contributed by atoms with van der Waals surface area (Å²) in [6, 6.07) is 13.4. The molecule has 0 aromatic heterocycles. The summed E-state index contributed by atoms with van der Waals surface area (Å²) < 4.78 is 0. The third-order valence-electron chi connectivity index (χ3n) is 2.54. The van der Waals surface area contributed by atoms with Crippen molar-refractivity contribution in [2.75, 3.05) is 11.9 Å². The minimum Gasteiger partial charge on any atom is -0.382 e. The van der Waals surface area contributed by atoms with Gasteiger partial charge in [-0.1, -0.05) is 30.3 Å². The molecule has 88 valence electrons. The summed E-state index contributed by atoms with van der Waals surface area (Å²) >= 11 is 0. The van der Waals surface area contributed by atoms with E-state index in [-0.39, 0.29) is 6.54 Å². The lowest BCUT2D eigenvalue weighted by molar-refractivity contribution is -0.123. The summed E-state index contributed by atoms with van der Waals surface area (Å²) in [4.78, 5) is 11.4. The van der Waals surface area contributed by atoms with Crippen LogP contribution in [-0.2, 0) is 4.79 Å². The van der Waals surface area contributed by atoms with Crippen molar-refractivity contribution in [1.82, 2.24) is 0 Å². The first-order valence-corrected chi connectivity index (χ1v) is 5.38. The highest BCUT2D eigenvalue weighted by Crippen LogP contribution is 2.18. The van der Waals surface area contributed by atoms with Gasteiger partial charge in [-0.2, -0.15) is 0 Å². The van der Waals surface area contributed by atoms with Crippen molar-refractivity contribution < 1.29 is 9.90 Å². The van der Waals surface area contributed by atoms with E-state index in [4.69, 9.17) is 5.73 Å². The number of aliphatic hydroxyl groups is 1. The number of carbonyl (C=O) groups is 1. The Morgan fingerprint density at radius 2 is 1.94 bits per heavy atom. The van der Waals surface area contributed by atoms with Crippen LogP contribution in [0.4, 0.5) is 5.69 Å². The van der Waals surface area contributed by atoms with Crippen molar-refractivity contribution in [3.05, 3.63) is 42.5 Å². The number of anilines is 1. The molecule has 0 aliphatic rings. The van der Waals surface area contributed by atoms with Gasteiger partial charge in [0.2, 0.25) is 0 Å². The van der Waals surface area contributed by atoms with E-state index in [9.17, 15) is 9.90 Å². The molecule has 2 aromatic carbocycles. The number of nitrogens with two attached hydrogens (primary N) is 1. The first-order valence-electron chi connectivity index (χ1n) is 5.38. The maximum absolute atomic E-state index is 11.4. The molecule has 4 nitrogen and oxygen atoms in total. The maximum Gasteiger partial charge on any atom is 0.254 e. The Balaban J connectivity index is 2.22. The molecule has 1 atom stereocenters. The van der Waals surface area contributed by atoms with E-state index in [0.29, 0.717) is 5.69 Å². The van der Waals surface area contributed by atoms with Gasteiger partial charge in [0.15, 0.2) is 0 Å². The van der Waals surface area contributed by atoms with E-state index < -0.39 is 12.0 Å². The molecule has 17 heavy (non-hydrogen) atoms. The zero-order valence-corrected chi connectivity index (χ0v) is 9.26. The summed E-state index contributed by atoms with van der Waals surface area (Å²) in [5.41, 5.74) is 5.86. The average Bonchev–Trinajstić information content (AvgIpc) is 2.37. The van der Waals surface area contributed by atoms with Crippen LogP contribution in [0.1, 0.15) is 0 Å². The third kappa shape index (κ3) is 2.61. The predicted molar refractivity (Wildman–Crippen MR) is 67.6 cm³/mol. The van der Waals surface area contributed by atoms with Crippen LogP contribution >= 0.6 is 0 Å². The van der Waals surface area contributed by atoms with E-state index in [1.54, 1.807) is 6.07 Å². The molecule has 0 fully saturated rings. The fourth-order valence-corrected chi connectivity index (χ4v) is 1.60. The molecule has 0 heterocycles. The quantitative estimate of drug-likeness (QED) is 0.739. The molecule has 0 spiro atoms. The fraction of sp³-hybridized carbons (Fsp3) is 0.154. The van der Waals surface area contributed by atoms with Crippen LogP contribution < -0.4 is 11.1 Å². The minimum atomic E-state index is -1.17. The number of carbonyl (C=O) groups excluding carboxylic acids is 1. The van der Waals surface area contributed by atoms with E-state index in [0.717, 1.165) is 10.8 Å². The van der Waals surface area contributed by atoms with Crippen LogP contribution in [0.2, 0.25) is 0 Å². The maximum atomic E-state index is 11.4. The molecule has 0 radical (unpaired) electrons. The number of amides is 1. The lowest BCUT2D eigenvalue weighted by Gasteiger charge is -2.09. The van der Waals surface area contributed by atoms with E-state index in [2.05, 4.69) is 5.32 Å². The molecule has 0 saturated carbocycles. The molecule has 4 N–H and O–H groups in total. The molecule has 1 unspecified atom stereocenters. The number of hydrogen-bond donors (Lipinski definition) is 3. The lowest BCUT2D eigenvalue weighted by Crippen LogP contribution is -2.34. The Labute approximate surface area is 99.1 Å². The van der Waals surface area contributed by atoms with Gasteiger partial charge in [0, 0.05) is 12.2 Å². The summed E-state index contributed by atoms with van der Waals surface area (Å²) in [5, 5.41) is 14.0. The van der Waals surface area contributed by atoms with Gasteiger partial charge in [-0.05, 0) is 22.9 Å². The van der Waals surface area contributed by atoms with Gasteiger partial charge >= 0.3 is 0 Å². The summed E-state index contributed by atoms with van der Waals surface area (Å²) in [6.45, 7) is -0.0839. The van der Waals surface area contributed by atoms with Crippen LogP contribution in [0.25, 0.3) is 10.8 Å². The van der Waals surface area contributed by atoms with Crippen molar-refractivity contribution in [3.8, 4) is 0 Å². The van der Waals surface area contributed by atoms with E-state index in [1.807, 2.05) is 36.4 Å². The first-order chi connectivity index (χ1) is 8.20. The molecular weight excluding hydrogens is 216 g/mol. The van der Waals surface area contributed by atoms with Gasteiger partial charge in [-0.3, -0.25) is 4.79 Å². The smallest absolute Gasteiger partial charge is 0.254 e. The van der Waals surface area contributed by atoms with Gasteiger partial charge in [0.05, 0.1) is 0 Å². The van der Waals surface area contributed by atoms with Crippen molar-refractivity contribution in [2.24, 2.45) is 5.73 Å². The highest BCUT2D eigenvalue weighted by Gasteiger charge is 2.12. The Morgan fingerprint density at radius 1 is 1.24 bits per heavy atom. The monoisotopic (exact) mass is 230 g/mol. The molecule has 0 saturated heterocycles. The Morgan fingerprint density at radius 3 is 2.65 bits per heavy atom. The fourth-order valence-electron chi connectivity index (χ4n) is 1.60. The first kappa shape index (κ1) is 11.6. The predicted octanol–water partition coefficient (Wildman–Crippen LogP) is 1.10. The Hall–Kier alpha value is -1.91. The summed E-state index contributed by atoms with van der Waals surface area (Å²) in [7, 11) is 0. The second-order valence-corrected chi connectivity index (χ2v) is 3.80. The van der Waals surface area contributed by atoms with E-state index >= 15 is 0 Å². The second-order valence-electron chi connectivity index (χ2n) is 3.80.